The monoisotopic (exact) mass is 325 g/mol. The third-order valence-electron chi connectivity index (χ3n) is 4.36. The molecule has 25 heavy (non-hydrogen) atoms. The molecule has 0 amide bonds. The van der Waals surface area contributed by atoms with E-state index in [1.54, 1.807) is 0 Å². The van der Waals surface area contributed by atoms with Crippen LogP contribution < -0.4 is 0 Å². The van der Waals surface area contributed by atoms with Gasteiger partial charge in [0.25, 0.3) is 0 Å². The zero-order chi connectivity index (χ0) is 17.2. The van der Waals surface area contributed by atoms with Gasteiger partial charge in [-0.15, -0.1) is 0 Å². The summed E-state index contributed by atoms with van der Waals surface area (Å²) in [7, 11) is 0. The molecule has 0 N–H and O–H groups in total. The Morgan fingerprint density at radius 2 is 1.76 bits per heavy atom. The first-order valence-corrected chi connectivity index (χ1v) is 8.32. The van der Waals surface area contributed by atoms with E-state index in [4.69, 9.17) is 0 Å². The van der Waals surface area contributed by atoms with Crippen LogP contribution in [0.25, 0.3) is 34.6 Å². The number of fused-ring (bicyclic) bond motifs is 1. The van der Waals surface area contributed by atoms with Crippen molar-refractivity contribution in [1.29, 1.82) is 0 Å². The number of nitrogens with zero attached hydrogens (tertiary/aromatic N) is 3. The second-order valence-electron chi connectivity index (χ2n) is 5.81. The maximum absolute atomic E-state index is 4.41. The molecule has 0 bridgehead atoms. The molecular weight excluding hydrogens is 306 g/mol. The number of allylic oxidation sites excluding steroid dienone is 1. The van der Waals surface area contributed by atoms with Crippen molar-refractivity contribution in [2.24, 2.45) is 0 Å². The van der Waals surface area contributed by atoms with Gasteiger partial charge >= 0.3 is 0 Å². The van der Waals surface area contributed by atoms with Gasteiger partial charge in [0.15, 0.2) is 0 Å². The van der Waals surface area contributed by atoms with E-state index >= 15 is 0 Å². The van der Waals surface area contributed by atoms with Gasteiger partial charge in [0.2, 0.25) is 0 Å². The molecular formula is C22H19N3. The van der Waals surface area contributed by atoms with Gasteiger partial charge in [-0.25, -0.2) is 4.98 Å². The Hall–Kier alpha value is -3.33. The lowest BCUT2D eigenvalue weighted by atomic mass is 10.1. The van der Waals surface area contributed by atoms with Crippen molar-refractivity contribution in [3.8, 4) is 11.5 Å². The van der Waals surface area contributed by atoms with Crippen LogP contribution in [0.2, 0.25) is 0 Å². The van der Waals surface area contributed by atoms with Gasteiger partial charge in [0.1, 0.15) is 12.1 Å². The maximum Gasteiger partial charge on any atom is 0.142 e. The van der Waals surface area contributed by atoms with Crippen molar-refractivity contribution in [1.82, 2.24) is 14.1 Å². The molecule has 0 aliphatic heterocycles. The van der Waals surface area contributed by atoms with Crippen LogP contribution in [-0.2, 0) is 0 Å². The van der Waals surface area contributed by atoms with Gasteiger partial charge in [0, 0.05) is 16.6 Å². The SMILES string of the molecule is C=Cc1c(/C=C\C)n(-c2cncn2-c2ccccc2)c2ccccc12. The number of hydrogen-bond acceptors (Lipinski definition) is 1. The summed E-state index contributed by atoms with van der Waals surface area (Å²) in [5, 5.41) is 1.19. The highest BCUT2D eigenvalue weighted by atomic mass is 15.2. The van der Waals surface area contributed by atoms with Crippen molar-refractivity contribution in [3.05, 3.63) is 91.0 Å². The Bertz CT molecular complexity index is 1070. The van der Waals surface area contributed by atoms with Crippen molar-refractivity contribution in [3.63, 3.8) is 0 Å². The van der Waals surface area contributed by atoms with Crippen LogP contribution in [0.15, 0.2) is 79.8 Å². The van der Waals surface area contributed by atoms with Gasteiger partial charge in [-0.2, -0.15) is 0 Å². The highest BCUT2D eigenvalue weighted by molar-refractivity contribution is 5.95. The summed E-state index contributed by atoms with van der Waals surface area (Å²) in [6.45, 7) is 6.06. The summed E-state index contributed by atoms with van der Waals surface area (Å²) >= 11 is 0. The van der Waals surface area contributed by atoms with E-state index in [1.165, 1.54) is 5.39 Å². The molecule has 0 unspecified atom stereocenters. The molecule has 0 aliphatic carbocycles. The minimum Gasteiger partial charge on any atom is -0.294 e. The highest BCUT2D eigenvalue weighted by Gasteiger charge is 2.17. The fraction of sp³-hybridized carbons (Fsp3) is 0.0455. The van der Waals surface area contributed by atoms with Gasteiger partial charge in [-0.1, -0.05) is 55.1 Å². The maximum atomic E-state index is 4.41. The first kappa shape index (κ1) is 15.2. The van der Waals surface area contributed by atoms with E-state index in [-0.39, 0.29) is 0 Å². The number of rotatable bonds is 4. The lowest BCUT2D eigenvalue weighted by Crippen LogP contribution is -2.04. The molecule has 0 saturated heterocycles. The van der Waals surface area contributed by atoms with Crippen molar-refractivity contribution in [2.45, 2.75) is 6.92 Å². The third-order valence-corrected chi connectivity index (χ3v) is 4.36. The molecule has 4 rings (SSSR count). The number of hydrogen-bond donors (Lipinski definition) is 0. The van der Waals surface area contributed by atoms with Crippen molar-refractivity contribution >= 4 is 23.1 Å². The van der Waals surface area contributed by atoms with Gasteiger partial charge in [0.05, 0.1) is 17.4 Å². The lowest BCUT2D eigenvalue weighted by Gasteiger charge is -2.12. The van der Waals surface area contributed by atoms with Crippen LogP contribution in [0.3, 0.4) is 0 Å². The predicted octanol–water partition coefficient (Wildman–Crippen LogP) is 5.49. The first-order valence-electron chi connectivity index (χ1n) is 8.32. The zero-order valence-corrected chi connectivity index (χ0v) is 14.1. The molecule has 2 aromatic heterocycles. The van der Waals surface area contributed by atoms with Crippen LogP contribution in [-0.4, -0.2) is 14.1 Å². The van der Waals surface area contributed by atoms with Crippen LogP contribution in [0.4, 0.5) is 0 Å². The van der Waals surface area contributed by atoms with Gasteiger partial charge in [-0.3, -0.25) is 9.13 Å². The molecule has 0 aliphatic rings. The number of benzene rings is 2. The minimum atomic E-state index is 1.00. The number of para-hydroxylation sites is 2. The van der Waals surface area contributed by atoms with Crippen LogP contribution >= 0.6 is 0 Å². The van der Waals surface area contributed by atoms with E-state index in [2.05, 4.69) is 69.2 Å². The largest absolute Gasteiger partial charge is 0.294 e. The molecule has 3 heteroatoms. The zero-order valence-electron chi connectivity index (χ0n) is 14.1. The Morgan fingerprint density at radius 3 is 2.52 bits per heavy atom. The fourth-order valence-corrected chi connectivity index (χ4v) is 3.31. The van der Waals surface area contributed by atoms with Gasteiger partial charge < -0.3 is 0 Å². The molecule has 0 radical (unpaired) electrons. The molecule has 122 valence electrons. The average molecular weight is 325 g/mol. The van der Waals surface area contributed by atoms with E-state index in [9.17, 15) is 0 Å². The minimum absolute atomic E-state index is 1.00. The second kappa shape index (κ2) is 6.29. The Balaban J connectivity index is 2.08. The van der Waals surface area contributed by atoms with E-state index < -0.39 is 0 Å². The standard InChI is InChI=1S/C22H19N3/c1-3-10-20-18(4-2)19-13-8-9-14-21(19)25(20)22-15-23-16-24(22)17-11-6-5-7-12-17/h3-16H,2H2,1H3/b10-3-. The molecule has 0 saturated carbocycles. The predicted molar refractivity (Wildman–Crippen MR) is 105 cm³/mol. The van der Waals surface area contributed by atoms with E-state index in [0.29, 0.717) is 0 Å². The smallest absolute Gasteiger partial charge is 0.142 e. The normalized spacial score (nSPS) is 11.4. The summed E-state index contributed by atoms with van der Waals surface area (Å²) in [6, 6.07) is 18.7. The average Bonchev–Trinajstić information content (AvgIpc) is 3.24. The Labute approximate surface area is 147 Å². The van der Waals surface area contributed by atoms with Crippen molar-refractivity contribution in [2.75, 3.05) is 0 Å². The van der Waals surface area contributed by atoms with Crippen molar-refractivity contribution < 1.29 is 0 Å². The van der Waals surface area contributed by atoms with Crippen LogP contribution in [0, 0.1) is 0 Å². The molecule has 0 fully saturated rings. The second-order valence-corrected chi connectivity index (χ2v) is 5.81. The Morgan fingerprint density at radius 1 is 1.00 bits per heavy atom. The Kier molecular flexibility index (Phi) is 3.82. The molecule has 0 atom stereocenters. The van der Waals surface area contributed by atoms with Crippen LogP contribution in [0.1, 0.15) is 18.2 Å². The number of aromatic nitrogens is 3. The molecule has 2 heterocycles. The summed E-state index contributed by atoms with van der Waals surface area (Å²) in [5.41, 5.74) is 4.47. The fourth-order valence-electron chi connectivity index (χ4n) is 3.31. The molecule has 2 aromatic carbocycles. The molecule has 3 nitrogen and oxygen atoms in total. The number of imidazole rings is 1. The quantitative estimate of drug-likeness (QED) is 0.486. The summed E-state index contributed by atoms with van der Waals surface area (Å²) in [5.74, 6) is 1.00. The summed E-state index contributed by atoms with van der Waals surface area (Å²) in [6.07, 6.45) is 9.86. The third kappa shape index (κ3) is 2.41. The topological polar surface area (TPSA) is 22.8 Å². The van der Waals surface area contributed by atoms with Gasteiger partial charge in [-0.05, 0) is 31.2 Å². The summed E-state index contributed by atoms with van der Waals surface area (Å²) in [4.78, 5) is 4.41. The van der Waals surface area contributed by atoms with E-state index in [1.807, 2.05) is 43.7 Å². The highest BCUT2D eigenvalue weighted by Crippen LogP contribution is 2.32. The van der Waals surface area contributed by atoms with Crippen LogP contribution in [0.5, 0.6) is 0 Å². The van der Waals surface area contributed by atoms with E-state index in [0.717, 1.165) is 28.3 Å². The molecule has 4 aromatic rings. The molecule has 0 spiro atoms. The first-order chi connectivity index (χ1) is 12.3. The summed E-state index contributed by atoms with van der Waals surface area (Å²) < 4.78 is 4.35. The lowest BCUT2D eigenvalue weighted by molar-refractivity contribution is 0.945.